The summed E-state index contributed by atoms with van der Waals surface area (Å²) in [7, 11) is 1.63. The molecule has 2 aromatic carbocycles. The third-order valence-electron chi connectivity index (χ3n) is 4.62. The Hall–Kier alpha value is -2.74. The molecule has 27 heavy (non-hydrogen) atoms. The maximum atomic E-state index is 9.27. The van der Waals surface area contributed by atoms with Crippen molar-refractivity contribution in [3.8, 4) is 22.7 Å². The van der Waals surface area contributed by atoms with Crippen LogP contribution in [0.1, 0.15) is 12.0 Å². The number of benzene rings is 2. The van der Waals surface area contributed by atoms with E-state index in [4.69, 9.17) is 10.5 Å². The lowest BCUT2D eigenvalue weighted by Crippen LogP contribution is -2.47. The van der Waals surface area contributed by atoms with Gasteiger partial charge in [-0.25, -0.2) is 4.68 Å². The molecule has 0 amide bonds. The number of ether oxygens (including phenoxy) is 1. The van der Waals surface area contributed by atoms with Gasteiger partial charge in [0.25, 0.3) is 0 Å². The topological polar surface area (TPSA) is 106 Å². The second-order valence-corrected chi connectivity index (χ2v) is 6.62. The second-order valence-electron chi connectivity index (χ2n) is 6.62. The standard InChI is InChI=1S/C20H24N4O3/c1-27-18-8-6-17(7-9-18)24-12-19(22-23-24)16-4-2-15(3-5-16)10-11-20(21,13-25)14-26/h2-9,12,25-26H,10-11,13-14,21H2,1H3. The van der Waals surface area contributed by atoms with E-state index >= 15 is 0 Å². The fraction of sp³-hybridized carbons (Fsp3) is 0.300. The molecule has 0 aliphatic rings. The Morgan fingerprint density at radius 3 is 2.30 bits per heavy atom. The smallest absolute Gasteiger partial charge is 0.119 e. The van der Waals surface area contributed by atoms with Crippen molar-refractivity contribution in [3.63, 3.8) is 0 Å². The largest absolute Gasteiger partial charge is 0.497 e. The highest BCUT2D eigenvalue weighted by Gasteiger charge is 2.22. The highest BCUT2D eigenvalue weighted by molar-refractivity contribution is 5.58. The van der Waals surface area contributed by atoms with Crippen molar-refractivity contribution < 1.29 is 14.9 Å². The summed E-state index contributed by atoms with van der Waals surface area (Å²) in [6, 6.07) is 15.5. The van der Waals surface area contributed by atoms with Crippen molar-refractivity contribution in [1.29, 1.82) is 0 Å². The number of aliphatic hydroxyl groups is 2. The Morgan fingerprint density at radius 2 is 1.70 bits per heavy atom. The summed E-state index contributed by atoms with van der Waals surface area (Å²) in [5, 5.41) is 27.0. The molecule has 0 unspecified atom stereocenters. The molecular formula is C20H24N4O3. The fourth-order valence-electron chi connectivity index (χ4n) is 2.70. The summed E-state index contributed by atoms with van der Waals surface area (Å²) in [5.74, 6) is 0.790. The molecule has 1 heterocycles. The molecule has 0 saturated heterocycles. The zero-order chi connectivity index (χ0) is 19.3. The lowest BCUT2D eigenvalue weighted by atomic mass is 9.93. The second kappa shape index (κ2) is 8.30. The molecule has 3 rings (SSSR count). The number of aromatic nitrogens is 3. The fourth-order valence-corrected chi connectivity index (χ4v) is 2.70. The van der Waals surface area contributed by atoms with Gasteiger partial charge in [-0.3, -0.25) is 0 Å². The Bertz CT molecular complexity index is 856. The van der Waals surface area contributed by atoms with E-state index < -0.39 is 5.54 Å². The molecular weight excluding hydrogens is 344 g/mol. The Balaban J connectivity index is 1.69. The maximum absolute atomic E-state index is 9.27. The molecule has 3 aromatic rings. The van der Waals surface area contributed by atoms with Crippen LogP contribution in [-0.2, 0) is 6.42 Å². The number of methoxy groups -OCH3 is 1. The van der Waals surface area contributed by atoms with Crippen LogP contribution in [0.2, 0.25) is 0 Å². The van der Waals surface area contributed by atoms with Crippen molar-refractivity contribution in [2.45, 2.75) is 18.4 Å². The Morgan fingerprint density at radius 1 is 1.04 bits per heavy atom. The van der Waals surface area contributed by atoms with E-state index in [0.29, 0.717) is 12.8 Å². The zero-order valence-electron chi connectivity index (χ0n) is 15.2. The maximum Gasteiger partial charge on any atom is 0.119 e. The molecule has 0 fully saturated rings. The number of aliphatic hydroxyl groups excluding tert-OH is 2. The number of rotatable bonds is 8. The van der Waals surface area contributed by atoms with E-state index in [1.165, 1.54) is 0 Å². The lowest BCUT2D eigenvalue weighted by Gasteiger charge is -2.24. The quantitative estimate of drug-likeness (QED) is 0.557. The lowest BCUT2D eigenvalue weighted by molar-refractivity contribution is 0.115. The predicted molar refractivity (Wildman–Crippen MR) is 103 cm³/mol. The van der Waals surface area contributed by atoms with Crippen molar-refractivity contribution in [2.24, 2.45) is 5.73 Å². The zero-order valence-corrected chi connectivity index (χ0v) is 15.2. The van der Waals surface area contributed by atoms with Gasteiger partial charge in [0, 0.05) is 5.56 Å². The molecule has 142 valence electrons. The van der Waals surface area contributed by atoms with Crippen molar-refractivity contribution >= 4 is 0 Å². The molecule has 0 aliphatic carbocycles. The molecule has 0 saturated carbocycles. The van der Waals surface area contributed by atoms with Crippen molar-refractivity contribution in [2.75, 3.05) is 20.3 Å². The molecule has 0 radical (unpaired) electrons. The summed E-state index contributed by atoms with van der Waals surface area (Å²) >= 11 is 0. The third kappa shape index (κ3) is 4.51. The van der Waals surface area contributed by atoms with Crippen LogP contribution in [0.15, 0.2) is 54.7 Å². The van der Waals surface area contributed by atoms with Crippen LogP contribution in [0, 0.1) is 0 Å². The third-order valence-corrected chi connectivity index (χ3v) is 4.62. The van der Waals surface area contributed by atoms with Crippen LogP contribution < -0.4 is 10.5 Å². The Labute approximate surface area is 158 Å². The van der Waals surface area contributed by atoms with Gasteiger partial charge in [-0.1, -0.05) is 29.5 Å². The van der Waals surface area contributed by atoms with E-state index in [2.05, 4.69) is 10.3 Å². The molecule has 0 bridgehead atoms. The van der Waals surface area contributed by atoms with E-state index in [1.54, 1.807) is 11.8 Å². The molecule has 0 aliphatic heterocycles. The van der Waals surface area contributed by atoms with Crippen LogP contribution in [0.4, 0.5) is 0 Å². The molecule has 4 N–H and O–H groups in total. The minimum atomic E-state index is -0.945. The summed E-state index contributed by atoms with van der Waals surface area (Å²) in [4.78, 5) is 0. The molecule has 0 spiro atoms. The molecule has 7 heteroatoms. The summed E-state index contributed by atoms with van der Waals surface area (Å²) < 4.78 is 6.88. The number of nitrogens with zero attached hydrogens (tertiary/aromatic N) is 3. The number of hydrogen-bond donors (Lipinski definition) is 3. The van der Waals surface area contributed by atoms with Crippen LogP contribution in [-0.4, -0.2) is 51.1 Å². The highest BCUT2D eigenvalue weighted by Crippen LogP contribution is 2.21. The van der Waals surface area contributed by atoms with Gasteiger partial charge < -0.3 is 20.7 Å². The van der Waals surface area contributed by atoms with Crippen LogP contribution in [0.3, 0.4) is 0 Å². The first-order valence-electron chi connectivity index (χ1n) is 8.73. The van der Waals surface area contributed by atoms with E-state index in [0.717, 1.165) is 28.3 Å². The van der Waals surface area contributed by atoms with E-state index in [9.17, 15) is 10.2 Å². The summed E-state index contributed by atoms with van der Waals surface area (Å²) in [5.41, 5.74) is 8.69. The molecule has 7 nitrogen and oxygen atoms in total. The first kappa shape index (κ1) is 19.0. The van der Waals surface area contributed by atoms with Gasteiger partial charge in [-0.15, -0.1) is 5.10 Å². The van der Waals surface area contributed by atoms with Crippen LogP contribution >= 0.6 is 0 Å². The normalized spacial score (nSPS) is 11.6. The van der Waals surface area contributed by atoms with Gasteiger partial charge in [-0.2, -0.15) is 0 Å². The van der Waals surface area contributed by atoms with Crippen molar-refractivity contribution in [1.82, 2.24) is 15.0 Å². The monoisotopic (exact) mass is 368 g/mol. The van der Waals surface area contributed by atoms with E-state index in [-0.39, 0.29) is 13.2 Å². The average Bonchev–Trinajstić information content (AvgIpc) is 3.22. The van der Waals surface area contributed by atoms with Gasteiger partial charge in [0.15, 0.2) is 0 Å². The minimum absolute atomic E-state index is 0.240. The SMILES string of the molecule is COc1ccc(-n2cc(-c3ccc(CCC(N)(CO)CO)cc3)nn2)cc1. The molecule has 1 aromatic heterocycles. The van der Waals surface area contributed by atoms with Gasteiger partial charge in [0.05, 0.1) is 37.7 Å². The van der Waals surface area contributed by atoms with Gasteiger partial charge in [0.1, 0.15) is 11.4 Å². The number of nitrogens with two attached hydrogens (primary N) is 1. The highest BCUT2D eigenvalue weighted by atomic mass is 16.5. The first-order chi connectivity index (χ1) is 13.1. The summed E-state index contributed by atoms with van der Waals surface area (Å²) in [6.07, 6.45) is 3.06. The van der Waals surface area contributed by atoms with E-state index in [1.807, 2.05) is 54.7 Å². The number of aryl methyl sites for hydroxylation is 1. The average molecular weight is 368 g/mol. The van der Waals surface area contributed by atoms with Crippen molar-refractivity contribution in [3.05, 3.63) is 60.3 Å². The minimum Gasteiger partial charge on any atom is -0.497 e. The first-order valence-corrected chi connectivity index (χ1v) is 8.73. The van der Waals surface area contributed by atoms with Crippen LogP contribution in [0.25, 0.3) is 16.9 Å². The predicted octanol–water partition coefficient (Wildman–Crippen LogP) is 1.56. The summed E-state index contributed by atoms with van der Waals surface area (Å²) in [6.45, 7) is -0.480. The van der Waals surface area contributed by atoms with Gasteiger partial charge in [-0.05, 0) is 42.7 Å². The van der Waals surface area contributed by atoms with Crippen LogP contribution in [0.5, 0.6) is 5.75 Å². The Kier molecular flexibility index (Phi) is 5.85. The molecule has 0 atom stereocenters. The van der Waals surface area contributed by atoms with Gasteiger partial charge >= 0.3 is 0 Å². The van der Waals surface area contributed by atoms with Gasteiger partial charge in [0.2, 0.25) is 0 Å². The number of hydrogen-bond acceptors (Lipinski definition) is 6.